The van der Waals surface area contributed by atoms with Gasteiger partial charge in [-0.3, -0.25) is 9.58 Å². The Morgan fingerprint density at radius 2 is 2.23 bits per heavy atom. The maximum Gasteiger partial charge on any atom is 0.107 e. The largest absolute Gasteiger partial charge is 0.327 e. The highest BCUT2D eigenvalue weighted by molar-refractivity contribution is 7.13. The van der Waals surface area contributed by atoms with Gasteiger partial charge in [0.25, 0.3) is 0 Å². The van der Waals surface area contributed by atoms with Crippen LogP contribution in [0.5, 0.6) is 0 Å². The zero-order valence-corrected chi connectivity index (χ0v) is 15.1. The van der Waals surface area contributed by atoms with Gasteiger partial charge < -0.3 is 5.73 Å². The lowest BCUT2D eigenvalue weighted by molar-refractivity contribution is 0.0900. The smallest absolute Gasteiger partial charge is 0.107 e. The summed E-state index contributed by atoms with van der Waals surface area (Å²) in [5, 5.41) is 6.75. The quantitative estimate of drug-likeness (QED) is 0.933. The average Bonchev–Trinajstić information content (AvgIpc) is 3.03. The molecule has 1 saturated heterocycles. The average molecular weight is 341 g/mol. The van der Waals surface area contributed by atoms with E-state index in [1.54, 1.807) is 11.3 Å². The topological polar surface area (TPSA) is 47.1 Å². The van der Waals surface area contributed by atoms with Crippen molar-refractivity contribution < 1.29 is 0 Å². The first-order chi connectivity index (χ1) is 9.95. The third-order valence-corrected chi connectivity index (χ3v) is 5.32. The molecule has 3 rings (SSSR count). The molecular formula is C16H25ClN4S. The van der Waals surface area contributed by atoms with E-state index in [0.29, 0.717) is 6.04 Å². The van der Waals surface area contributed by atoms with Gasteiger partial charge >= 0.3 is 0 Å². The number of piperidine rings is 1. The van der Waals surface area contributed by atoms with E-state index in [0.717, 1.165) is 31.7 Å². The normalized spacial score (nSPS) is 21.5. The van der Waals surface area contributed by atoms with Crippen molar-refractivity contribution in [1.29, 1.82) is 0 Å². The van der Waals surface area contributed by atoms with Crippen LogP contribution in [0.1, 0.15) is 25.8 Å². The number of likely N-dealkylation sites (tertiary alicyclic amines) is 1. The van der Waals surface area contributed by atoms with Gasteiger partial charge in [-0.05, 0) is 23.3 Å². The number of thiophene rings is 1. The summed E-state index contributed by atoms with van der Waals surface area (Å²) in [5.41, 5.74) is 8.86. The third-order valence-electron chi connectivity index (χ3n) is 4.44. The van der Waals surface area contributed by atoms with Crippen LogP contribution >= 0.6 is 23.7 Å². The summed E-state index contributed by atoms with van der Waals surface area (Å²) in [5.74, 6) is 0. The molecule has 4 nitrogen and oxygen atoms in total. The summed E-state index contributed by atoms with van der Waals surface area (Å²) >= 11 is 1.75. The van der Waals surface area contributed by atoms with E-state index >= 15 is 0 Å². The fourth-order valence-corrected chi connectivity index (χ4v) is 3.88. The van der Waals surface area contributed by atoms with E-state index in [1.807, 2.05) is 11.7 Å². The first kappa shape index (κ1) is 17.5. The lowest BCUT2D eigenvalue weighted by Gasteiger charge is -2.42. The zero-order chi connectivity index (χ0) is 15.0. The fraction of sp³-hybridized carbons (Fsp3) is 0.562. The molecule has 1 atom stereocenters. The number of aromatic nitrogens is 2. The Bertz CT molecular complexity index is 606. The summed E-state index contributed by atoms with van der Waals surface area (Å²) in [6.07, 6.45) is 3.22. The van der Waals surface area contributed by atoms with E-state index in [4.69, 9.17) is 5.73 Å². The lowest BCUT2D eigenvalue weighted by Crippen LogP contribution is -2.52. The maximum atomic E-state index is 6.24. The van der Waals surface area contributed by atoms with Crippen LogP contribution < -0.4 is 5.73 Å². The van der Waals surface area contributed by atoms with Crippen LogP contribution in [0.25, 0.3) is 10.6 Å². The number of hydrogen-bond acceptors (Lipinski definition) is 4. The van der Waals surface area contributed by atoms with Crippen molar-refractivity contribution in [2.24, 2.45) is 18.2 Å². The molecule has 3 heterocycles. The minimum absolute atomic E-state index is 0. The van der Waals surface area contributed by atoms with Crippen molar-refractivity contribution in [3.63, 3.8) is 0 Å². The van der Waals surface area contributed by atoms with Gasteiger partial charge in [-0.2, -0.15) is 5.10 Å². The van der Waals surface area contributed by atoms with Gasteiger partial charge in [-0.25, -0.2) is 0 Å². The Morgan fingerprint density at radius 1 is 1.45 bits per heavy atom. The van der Waals surface area contributed by atoms with Crippen LogP contribution in [-0.2, 0) is 13.6 Å². The van der Waals surface area contributed by atoms with E-state index in [9.17, 15) is 0 Å². The van der Waals surface area contributed by atoms with Crippen LogP contribution in [0.3, 0.4) is 0 Å². The Balaban J connectivity index is 0.00000176. The fourth-order valence-electron chi connectivity index (χ4n) is 3.13. The zero-order valence-electron chi connectivity index (χ0n) is 13.5. The van der Waals surface area contributed by atoms with Gasteiger partial charge in [0, 0.05) is 44.5 Å². The minimum Gasteiger partial charge on any atom is -0.327 e. The molecule has 0 aromatic carbocycles. The predicted molar refractivity (Wildman–Crippen MR) is 95.4 cm³/mol. The second-order valence-corrected chi connectivity index (χ2v) is 7.70. The summed E-state index contributed by atoms with van der Waals surface area (Å²) in [6.45, 7) is 7.62. The van der Waals surface area contributed by atoms with Gasteiger partial charge in [-0.15, -0.1) is 23.7 Å². The molecular weight excluding hydrogens is 316 g/mol. The highest BCUT2D eigenvalue weighted by atomic mass is 35.5. The Kier molecular flexibility index (Phi) is 5.33. The maximum absolute atomic E-state index is 6.24. The molecule has 1 aliphatic heterocycles. The second-order valence-electron chi connectivity index (χ2n) is 6.75. The summed E-state index contributed by atoms with van der Waals surface area (Å²) in [4.78, 5) is 3.76. The molecule has 0 saturated carbocycles. The minimum atomic E-state index is 0. The van der Waals surface area contributed by atoms with Crippen LogP contribution in [0.15, 0.2) is 23.7 Å². The highest BCUT2D eigenvalue weighted by Crippen LogP contribution is 2.31. The molecule has 0 radical (unpaired) electrons. The van der Waals surface area contributed by atoms with Gasteiger partial charge in [0.1, 0.15) is 5.69 Å². The van der Waals surface area contributed by atoms with Crippen LogP contribution in [0.2, 0.25) is 0 Å². The van der Waals surface area contributed by atoms with E-state index in [1.165, 1.54) is 10.4 Å². The number of nitrogens with two attached hydrogens (primary N) is 1. The van der Waals surface area contributed by atoms with E-state index in [-0.39, 0.29) is 17.8 Å². The van der Waals surface area contributed by atoms with Crippen molar-refractivity contribution in [3.05, 3.63) is 29.3 Å². The van der Waals surface area contributed by atoms with Crippen LogP contribution in [0, 0.1) is 5.41 Å². The lowest BCUT2D eigenvalue weighted by atomic mass is 9.79. The molecule has 2 aromatic rings. The number of halogens is 1. The second kappa shape index (κ2) is 6.71. The van der Waals surface area contributed by atoms with Crippen molar-refractivity contribution in [1.82, 2.24) is 14.7 Å². The summed E-state index contributed by atoms with van der Waals surface area (Å²) in [7, 11) is 2.00. The highest BCUT2D eigenvalue weighted by Gasteiger charge is 2.33. The molecule has 122 valence electrons. The Morgan fingerprint density at radius 3 is 2.86 bits per heavy atom. The van der Waals surface area contributed by atoms with Crippen molar-refractivity contribution in [3.8, 4) is 10.6 Å². The first-order valence-electron chi connectivity index (χ1n) is 7.50. The molecule has 1 unspecified atom stereocenters. The number of rotatable bonds is 3. The molecule has 0 amide bonds. The molecule has 0 aliphatic carbocycles. The van der Waals surface area contributed by atoms with Crippen LogP contribution in [-0.4, -0.2) is 33.8 Å². The Labute approximate surface area is 142 Å². The molecule has 0 spiro atoms. The molecule has 6 heteroatoms. The molecule has 0 bridgehead atoms. The van der Waals surface area contributed by atoms with Gasteiger partial charge in [0.05, 0.1) is 4.88 Å². The van der Waals surface area contributed by atoms with Gasteiger partial charge in [0.15, 0.2) is 0 Å². The molecule has 1 aliphatic rings. The van der Waals surface area contributed by atoms with E-state index in [2.05, 4.69) is 47.6 Å². The van der Waals surface area contributed by atoms with Gasteiger partial charge in [-0.1, -0.05) is 19.9 Å². The molecule has 2 N–H and O–H groups in total. The number of nitrogens with zero attached hydrogens (tertiary/aromatic N) is 3. The summed E-state index contributed by atoms with van der Waals surface area (Å²) in [6, 6.07) is 4.54. The standard InChI is InChI=1S/C16H24N4S.ClH/c1-16(2)11-20(7-6-14(16)17)10-12-9-19(3)18-15(12)13-5-4-8-21-13;/h4-5,8-9,14H,6-7,10-11,17H2,1-3H3;1H. The predicted octanol–water partition coefficient (Wildman–Crippen LogP) is 3.13. The first-order valence-corrected chi connectivity index (χ1v) is 8.38. The van der Waals surface area contributed by atoms with Crippen molar-refractivity contribution >= 4 is 23.7 Å². The van der Waals surface area contributed by atoms with Crippen LogP contribution in [0.4, 0.5) is 0 Å². The third kappa shape index (κ3) is 3.54. The molecule has 2 aromatic heterocycles. The summed E-state index contributed by atoms with van der Waals surface area (Å²) < 4.78 is 1.92. The molecule has 1 fully saturated rings. The van der Waals surface area contributed by atoms with Crippen molar-refractivity contribution in [2.45, 2.75) is 32.9 Å². The van der Waals surface area contributed by atoms with Gasteiger partial charge in [0.2, 0.25) is 0 Å². The molecule has 22 heavy (non-hydrogen) atoms. The van der Waals surface area contributed by atoms with Crippen molar-refractivity contribution in [2.75, 3.05) is 13.1 Å². The number of aryl methyl sites for hydroxylation is 1. The van der Waals surface area contributed by atoms with E-state index < -0.39 is 0 Å². The monoisotopic (exact) mass is 340 g/mol. The Hall–Kier alpha value is -0.880. The number of hydrogen-bond donors (Lipinski definition) is 1. The SMILES string of the molecule is Cl.Cn1cc(CN2CCC(N)C(C)(C)C2)c(-c2cccs2)n1.